The molecule has 25 heavy (non-hydrogen) atoms. The van der Waals surface area contributed by atoms with Crippen LogP contribution in [-0.2, 0) is 9.53 Å². The van der Waals surface area contributed by atoms with Crippen LogP contribution in [0.5, 0.6) is 0 Å². The normalized spacial score (nSPS) is 14.8. The maximum Gasteiger partial charge on any atom is 0.262 e. The van der Waals surface area contributed by atoms with E-state index in [9.17, 15) is 14.4 Å². The van der Waals surface area contributed by atoms with Gasteiger partial charge in [-0.05, 0) is 18.1 Å². The Labute approximate surface area is 147 Å². The van der Waals surface area contributed by atoms with Crippen molar-refractivity contribution in [2.75, 3.05) is 33.4 Å². The molecule has 136 valence electrons. The van der Waals surface area contributed by atoms with Crippen molar-refractivity contribution in [2.24, 2.45) is 5.92 Å². The Hall–Kier alpha value is -2.25. The minimum Gasteiger partial charge on any atom is -0.383 e. The number of rotatable bonds is 9. The lowest BCUT2D eigenvalue weighted by atomic mass is 10.0. The predicted molar refractivity (Wildman–Crippen MR) is 93.3 cm³/mol. The molecule has 1 unspecified atom stereocenters. The lowest BCUT2D eigenvalue weighted by molar-refractivity contribution is -0.126. The lowest BCUT2D eigenvalue weighted by Gasteiger charge is -2.28. The van der Waals surface area contributed by atoms with Gasteiger partial charge in [-0.3, -0.25) is 19.3 Å². The maximum atomic E-state index is 12.6. The van der Waals surface area contributed by atoms with Gasteiger partial charge in [-0.25, -0.2) is 0 Å². The third-order valence-electron chi connectivity index (χ3n) is 4.09. The second kappa shape index (κ2) is 8.73. The second-order valence-electron chi connectivity index (χ2n) is 6.25. The van der Waals surface area contributed by atoms with Crippen LogP contribution < -0.4 is 10.6 Å². The largest absolute Gasteiger partial charge is 0.383 e. The molecule has 0 aliphatic carbocycles. The van der Waals surface area contributed by atoms with Crippen LogP contribution in [0, 0.1) is 5.92 Å². The van der Waals surface area contributed by atoms with Gasteiger partial charge in [0.05, 0.1) is 17.7 Å². The molecule has 0 saturated carbocycles. The molecule has 1 atom stereocenters. The summed E-state index contributed by atoms with van der Waals surface area (Å²) < 4.78 is 4.93. The topological polar surface area (TPSA) is 87.7 Å². The zero-order valence-electron chi connectivity index (χ0n) is 14.9. The van der Waals surface area contributed by atoms with Gasteiger partial charge in [0, 0.05) is 26.7 Å². The summed E-state index contributed by atoms with van der Waals surface area (Å²) in [6, 6.07) is 5.83. The van der Waals surface area contributed by atoms with Crippen molar-refractivity contribution < 1.29 is 19.1 Å². The molecule has 3 amide bonds. The Morgan fingerprint density at radius 2 is 1.68 bits per heavy atom. The number of hydrogen-bond donors (Lipinski definition) is 2. The molecule has 7 nitrogen and oxygen atoms in total. The second-order valence-corrected chi connectivity index (χ2v) is 6.25. The third-order valence-corrected chi connectivity index (χ3v) is 4.09. The van der Waals surface area contributed by atoms with Gasteiger partial charge in [0.1, 0.15) is 6.04 Å². The summed E-state index contributed by atoms with van der Waals surface area (Å²) in [4.78, 5) is 38.9. The highest BCUT2D eigenvalue weighted by molar-refractivity contribution is 6.22. The molecule has 1 aliphatic heterocycles. The van der Waals surface area contributed by atoms with E-state index in [1.165, 1.54) is 0 Å². The van der Waals surface area contributed by atoms with Crippen molar-refractivity contribution >= 4 is 17.7 Å². The summed E-state index contributed by atoms with van der Waals surface area (Å²) in [5, 5.41) is 5.92. The van der Waals surface area contributed by atoms with Crippen molar-refractivity contribution in [3.8, 4) is 0 Å². The average Bonchev–Trinajstić information content (AvgIpc) is 2.83. The molecule has 1 aliphatic rings. The van der Waals surface area contributed by atoms with Gasteiger partial charge in [0.2, 0.25) is 5.91 Å². The molecule has 0 spiro atoms. The predicted octanol–water partition coefficient (Wildman–Crippen LogP) is 0.659. The van der Waals surface area contributed by atoms with Crippen LogP contribution in [0.3, 0.4) is 0 Å². The van der Waals surface area contributed by atoms with E-state index in [2.05, 4.69) is 10.6 Å². The highest BCUT2D eigenvalue weighted by Crippen LogP contribution is 2.27. The van der Waals surface area contributed by atoms with E-state index >= 15 is 0 Å². The number of ether oxygens (including phenoxy) is 1. The zero-order valence-corrected chi connectivity index (χ0v) is 14.9. The molecule has 7 heteroatoms. The van der Waals surface area contributed by atoms with Crippen LogP contribution in [0.25, 0.3) is 0 Å². The van der Waals surface area contributed by atoms with Crippen LogP contribution in [0.1, 0.15) is 34.6 Å². The first kappa shape index (κ1) is 19.1. The van der Waals surface area contributed by atoms with Crippen molar-refractivity contribution in [1.29, 1.82) is 0 Å². The number of carbonyl (C=O) groups is 3. The summed E-state index contributed by atoms with van der Waals surface area (Å²) in [6.45, 7) is 5.93. The molecule has 1 aromatic rings. The smallest absolute Gasteiger partial charge is 0.262 e. The number of hydrogen-bond acceptors (Lipinski definition) is 5. The highest BCUT2D eigenvalue weighted by atomic mass is 16.5. The SMILES string of the molecule is COCCNCCNC(=O)C(C(C)C)N1C(=O)c2ccccc2C1=O. The molecular formula is C18H25N3O4. The molecule has 1 aromatic carbocycles. The Balaban J connectivity index is 2.02. The van der Waals surface area contributed by atoms with Gasteiger partial charge in [-0.1, -0.05) is 26.0 Å². The van der Waals surface area contributed by atoms with Crippen molar-refractivity contribution in [3.63, 3.8) is 0 Å². The Morgan fingerprint density at radius 1 is 1.08 bits per heavy atom. The van der Waals surface area contributed by atoms with Gasteiger partial charge in [-0.2, -0.15) is 0 Å². The highest BCUT2D eigenvalue weighted by Gasteiger charge is 2.43. The fraction of sp³-hybridized carbons (Fsp3) is 0.500. The van der Waals surface area contributed by atoms with Crippen LogP contribution in [0.15, 0.2) is 24.3 Å². The Kier molecular flexibility index (Phi) is 6.66. The number of imide groups is 1. The zero-order chi connectivity index (χ0) is 18.4. The number of benzene rings is 1. The van der Waals surface area contributed by atoms with Gasteiger partial charge >= 0.3 is 0 Å². The van der Waals surface area contributed by atoms with Gasteiger partial charge in [0.15, 0.2) is 0 Å². The van der Waals surface area contributed by atoms with Crippen LogP contribution >= 0.6 is 0 Å². The molecule has 0 radical (unpaired) electrons. The monoisotopic (exact) mass is 347 g/mol. The summed E-state index contributed by atoms with van der Waals surface area (Å²) >= 11 is 0. The van der Waals surface area contributed by atoms with E-state index in [0.29, 0.717) is 37.4 Å². The van der Waals surface area contributed by atoms with E-state index in [-0.39, 0.29) is 11.8 Å². The quantitative estimate of drug-likeness (QED) is 0.506. The number of methoxy groups -OCH3 is 1. The number of nitrogens with one attached hydrogen (secondary N) is 2. The molecule has 0 aromatic heterocycles. The van der Waals surface area contributed by atoms with Crippen LogP contribution in [0.4, 0.5) is 0 Å². The number of fused-ring (bicyclic) bond motifs is 1. The summed E-state index contributed by atoms with van der Waals surface area (Å²) in [7, 11) is 1.62. The first-order valence-corrected chi connectivity index (χ1v) is 8.43. The Morgan fingerprint density at radius 3 is 2.20 bits per heavy atom. The third kappa shape index (κ3) is 4.24. The Bertz CT molecular complexity index is 610. The molecular weight excluding hydrogens is 322 g/mol. The summed E-state index contributed by atoms with van der Waals surface area (Å²) in [6.07, 6.45) is 0. The minimum atomic E-state index is -0.827. The molecule has 2 rings (SSSR count). The maximum absolute atomic E-state index is 12.6. The fourth-order valence-electron chi connectivity index (χ4n) is 2.86. The fourth-order valence-corrected chi connectivity index (χ4v) is 2.86. The van der Waals surface area contributed by atoms with Gasteiger partial charge in [0.25, 0.3) is 11.8 Å². The molecule has 1 heterocycles. The number of nitrogens with zero attached hydrogens (tertiary/aromatic N) is 1. The minimum absolute atomic E-state index is 0.191. The summed E-state index contributed by atoms with van der Waals surface area (Å²) in [5.41, 5.74) is 0.708. The number of amides is 3. The van der Waals surface area contributed by atoms with Crippen molar-refractivity contribution in [3.05, 3.63) is 35.4 Å². The van der Waals surface area contributed by atoms with E-state index < -0.39 is 17.9 Å². The van der Waals surface area contributed by atoms with E-state index in [4.69, 9.17) is 4.74 Å². The van der Waals surface area contributed by atoms with Crippen LogP contribution in [0.2, 0.25) is 0 Å². The first-order valence-electron chi connectivity index (χ1n) is 8.43. The average molecular weight is 347 g/mol. The van der Waals surface area contributed by atoms with Gasteiger partial charge < -0.3 is 15.4 Å². The van der Waals surface area contributed by atoms with Gasteiger partial charge in [-0.15, -0.1) is 0 Å². The van der Waals surface area contributed by atoms with Crippen molar-refractivity contribution in [1.82, 2.24) is 15.5 Å². The molecule has 0 fully saturated rings. The summed E-state index contributed by atoms with van der Waals surface area (Å²) in [5.74, 6) is -1.33. The molecule has 0 saturated heterocycles. The van der Waals surface area contributed by atoms with E-state index in [0.717, 1.165) is 4.90 Å². The van der Waals surface area contributed by atoms with Crippen molar-refractivity contribution in [2.45, 2.75) is 19.9 Å². The van der Waals surface area contributed by atoms with E-state index in [1.54, 1.807) is 31.4 Å². The van der Waals surface area contributed by atoms with E-state index in [1.807, 2.05) is 13.8 Å². The molecule has 0 bridgehead atoms. The lowest BCUT2D eigenvalue weighted by Crippen LogP contribution is -2.53. The molecule has 2 N–H and O–H groups in total. The first-order chi connectivity index (χ1) is 12.0. The van der Waals surface area contributed by atoms with Crippen LogP contribution in [-0.4, -0.2) is 62.0 Å². The standard InChI is InChI=1S/C18H25N3O4/c1-12(2)15(16(22)20-9-8-19-10-11-25-3)21-17(23)13-6-4-5-7-14(13)18(21)24/h4-7,12,15,19H,8-11H2,1-3H3,(H,20,22). The number of carbonyl (C=O) groups excluding carboxylic acids is 3.